The van der Waals surface area contributed by atoms with Gasteiger partial charge in [0.15, 0.2) is 23.3 Å². The molecule has 0 aliphatic carbocycles. The normalized spacial score (nSPS) is 11.6. The summed E-state index contributed by atoms with van der Waals surface area (Å²) in [5.41, 5.74) is 31.0. The number of nitrogens with zero attached hydrogens (tertiary/aromatic N) is 12. The van der Waals surface area contributed by atoms with Crippen molar-refractivity contribution < 1.29 is 0 Å². The lowest BCUT2D eigenvalue weighted by Crippen LogP contribution is -2.02. The summed E-state index contributed by atoms with van der Waals surface area (Å²) in [5, 5.41) is 23.9. The Morgan fingerprint density at radius 3 is 0.879 bits per heavy atom. The van der Waals surface area contributed by atoms with Crippen LogP contribution in [0.25, 0.3) is 244 Å². The fraction of sp³-hybridized carbons (Fsp3) is 0. The van der Waals surface area contributed by atoms with Crippen molar-refractivity contribution in [2.75, 3.05) is 0 Å². The number of fused-ring (bicyclic) bond motifs is 18. The molecule has 0 N–H and O–H groups in total. The molecule has 28 aromatic rings. The number of hydrogen-bond donors (Lipinski definition) is 0. The zero-order chi connectivity index (χ0) is 92.7. The fourth-order valence-corrected chi connectivity index (χ4v) is 21.0. The van der Waals surface area contributed by atoms with Crippen LogP contribution in [0.1, 0.15) is 5.56 Å². The van der Waals surface area contributed by atoms with Gasteiger partial charge < -0.3 is 27.4 Å². The number of hydrogen-bond acceptors (Lipinski definition) is 6. The van der Waals surface area contributed by atoms with Crippen molar-refractivity contribution in [1.82, 2.24) is 52.3 Å². The van der Waals surface area contributed by atoms with Crippen LogP contribution in [0.2, 0.25) is 0 Å². The number of benzene rings is 20. The zero-order valence-corrected chi connectivity index (χ0v) is 75.7. The molecule has 0 radical (unpaired) electrons. The van der Waals surface area contributed by atoms with Gasteiger partial charge in [-0.25, -0.2) is 24.9 Å². The van der Waals surface area contributed by atoms with Crippen molar-refractivity contribution in [3.8, 4) is 119 Å². The van der Waals surface area contributed by atoms with Crippen molar-refractivity contribution >= 4 is 131 Å². The molecule has 8 heterocycles. The molecule has 654 valence electrons. The van der Waals surface area contributed by atoms with Gasteiger partial charge in [-0.15, -0.1) is 0 Å². The summed E-state index contributed by atoms with van der Waals surface area (Å²) < 4.78 is 14.1. The molecule has 0 bridgehead atoms. The molecule has 0 amide bonds. The number of aromatic nitrogens is 11. The van der Waals surface area contributed by atoms with E-state index in [-0.39, 0.29) is 0 Å². The van der Waals surface area contributed by atoms with E-state index in [2.05, 4.69) is 440 Å². The quantitative estimate of drug-likeness (QED) is 0.113. The van der Waals surface area contributed by atoms with Gasteiger partial charge in [0.2, 0.25) is 0 Å². The molecule has 0 atom stereocenters. The molecule has 20 aromatic carbocycles. The molecule has 28 rings (SSSR count). The molecule has 0 unspecified atom stereocenters. The van der Waals surface area contributed by atoms with Gasteiger partial charge in [0, 0.05) is 132 Å². The van der Waals surface area contributed by atoms with E-state index in [0.717, 1.165) is 145 Å². The lowest BCUT2D eigenvalue weighted by atomic mass is 9.93. The van der Waals surface area contributed by atoms with Crippen molar-refractivity contribution in [2.45, 2.75) is 0 Å². The van der Waals surface area contributed by atoms with Crippen LogP contribution in [0.5, 0.6) is 0 Å². The van der Waals surface area contributed by atoms with Crippen LogP contribution in [0.4, 0.5) is 0 Å². The van der Waals surface area contributed by atoms with Crippen LogP contribution in [-0.2, 0) is 0 Å². The minimum absolute atomic E-state index is 0.626. The minimum Gasteiger partial charge on any atom is -0.309 e. The van der Waals surface area contributed by atoms with E-state index in [1.807, 2.05) is 91.0 Å². The summed E-state index contributed by atoms with van der Waals surface area (Å²) in [4.78, 5) is 25.9. The molecule has 8 aromatic heterocycles. The second-order valence-corrected chi connectivity index (χ2v) is 35.3. The predicted molar refractivity (Wildman–Crippen MR) is 577 cm³/mol. The molecular formula is C128H82N12. The Hall–Kier alpha value is -19.2. The molecule has 0 fully saturated rings. The van der Waals surface area contributed by atoms with Crippen molar-refractivity contribution in [3.63, 3.8) is 0 Å². The maximum Gasteiger partial charge on any atom is 0.165 e. The van der Waals surface area contributed by atoms with E-state index in [4.69, 9.17) is 24.9 Å². The van der Waals surface area contributed by atoms with Crippen molar-refractivity contribution in [3.05, 3.63) is 503 Å². The van der Waals surface area contributed by atoms with Gasteiger partial charge in [0.25, 0.3) is 0 Å². The van der Waals surface area contributed by atoms with Crippen LogP contribution >= 0.6 is 0 Å². The third-order valence-corrected chi connectivity index (χ3v) is 27.2. The maximum atomic E-state index is 9.54. The minimum atomic E-state index is 0.626. The van der Waals surface area contributed by atoms with Gasteiger partial charge in [0.1, 0.15) is 0 Å². The Morgan fingerprint density at radius 2 is 0.450 bits per heavy atom. The van der Waals surface area contributed by atoms with Crippen LogP contribution < -0.4 is 0 Å². The first kappa shape index (κ1) is 81.5. The Balaban J connectivity index is 0.000000111. The topological polar surface area (TPSA) is 118 Å². The van der Waals surface area contributed by atoms with Crippen molar-refractivity contribution in [1.29, 1.82) is 5.26 Å². The number of nitriles is 1. The molecule has 0 aliphatic rings. The second-order valence-electron chi connectivity index (χ2n) is 35.3. The molecule has 0 aliphatic heterocycles. The first-order chi connectivity index (χ1) is 69.4. The summed E-state index contributed by atoms with van der Waals surface area (Å²) >= 11 is 0. The number of rotatable bonds is 13. The van der Waals surface area contributed by atoms with Gasteiger partial charge in [0.05, 0.1) is 89.2 Å². The van der Waals surface area contributed by atoms with Crippen molar-refractivity contribution in [2.24, 2.45) is 0 Å². The smallest absolute Gasteiger partial charge is 0.165 e. The van der Waals surface area contributed by atoms with Gasteiger partial charge in [-0.05, 0) is 175 Å². The second kappa shape index (κ2) is 34.4. The highest BCUT2D eigenvalue weighted by molar-refractivity contribution is 6.20. The van der Waals surface area contributed by atoms with Gasteiger partial charge in [-0.2, -0.15) is 5.26 Å². The van der Waals surface area contributed by atoms with E-state index in [9.17, 15) is 5.26 Å². The predicted octanol–water partition coefficient (Wildman–Crippen LogP) is 32.2. The molecule has 12 heteroatoms. The SMILES string of the molecule is N#Cc1ccc2c3cc(-n4c5ccccc5c5ccccc54)ccc3n(-c3ccccc3)c2c1.c1ccc(-c2cc(-c3ccc4c5cc(-n6c7ccccc7c7ccccc76)ccc5n(-c5ccccc5)c4c3)nc(-c3ccccc3)n2)cc1.c1ccc(-c2nc(-c3ccccc3)nc(-c3c(-c4ccc5c(c4)c4ccccc4n5-c4ccccc4)ccc4c3c3ccccc3n4-c3ccccc3)n2)cc1. The van der Waals surface area contributed by atoms with Crippen LogP contribution in [-0.4, -0.2) is 52.3 Å². The molecule has 0 saturated carbocycles. The lowest BCUT2D eigenvalue weighted by Gasteiger charge is -2.15. The third kappa shape index (κ3) is 14.0. The van der Waals surface area contributed by atoms with Crippen LogP contribution in [0.3, 0.4) is 0 Å². The highest BCUT2D eigenvalue weighted by Crippen LogP contribution is 2.48. The lowest BCUT2D eigenvalue weighted by molar-refractivity contribution is 1.08. The van der Waals surface area contributed by atoms with Crippen LogP contribution in [0.15, 0.2) is 497 Å². The Labute approximate surface area is 805 Å². The monoisotopic (exact) mass is 1790 g/mol. The zero-order valence-electron chi connectivity index (χ0n) is 75.7. The van der Waals surface area contributed by atoms with Gasteiger partial charge in [-0.1, -0.05) is 334 Å². The highest BCUT2D eigenvalue weighted by Gasteiger charge is 2.27. The first-order valence-corrected chi connectivity index (χ1v) is 47.2. The largest absolute Gasteiger partial charge is 0.309 e. The fourth-order valence-electron chi connectivity index (χ4n) is 21.0. The van der Waals surface area contributed by atoms with E-state index in [1.54, 1.807) is 0 Å². The summed E-state index contributed by atoms with van der Waals surface area (Å²) in [5.74, 6) is 2.60. The Bertz CT molecular complexity index is 9520. The summed E-state index contributed by atoms with van der Waals surface area (Å²) in [6.07, 6.45) is 0. The molecular weight excluding hydrogens is 1710 g/mol. The summed E-state index contributed by atoms with van der Waals surface area (Å²) in [6, 6.07) is 177. The number of para-hydroxylation sites is 10. The molecule has 0 saturated heterocycles. The van der Waals surface area contributed by atoms with Crippen LogP contribution in [0, 0.1) is 11.3 Å². The molecule has 0 spiro atoms. The summed E-state index contributed by atoms with van der Waals surface area (Å²) in [7, 11) is 0. The Morgan fingerprint density at radius 1 is 0.164 bits per heavy atom. The molecule has 12 nitrogen and oxygen atoms in total. The highest BCUT2D eigenvalue weighted by atomic mass is 15.1. The average molecular weight is 1790 g/mol. The maximum absolute atomic E-state index is 9.54. The van der Waals surface area contributed by atoms with Gasteiger partial charge in [-0.3, -0.25) is 0 Å². The summed E-state index contributed by atoms with van der Waals surface area (Å²) in [6.45, 7) is 0. The standard InChI is InChI=1S/C51H33N5.C46H30N4.C31H19N3/c1-5-17-34(18-6-1)49-52-50(35-19-7-2-8-20-35)54-51(53-49)48-39(30-32-46-47(48)41-26-14-16-28-44(41)56(46)38-23-11-4-12-24-38)36-29-31-45-42(33-36)40-25-13-15-27-43(40)55(45)37-21-9-3-10-22-37;1-4-14-31(15-5-1)40-30-41(48-46(47-40)32-16-6-2-7-17-32)33-24-26-38-39-29-35(25-27-44(39)49(45(38)28-33)34-18-8-3-9-19-34)50-42-22-12-10-20-36(42)37-21-11-13-23-43(37)50;32-20-21-14-16-26-27-19-23(15-17-30(27)33(31(26)18-21)22-8-2-1-3-9-22)34-28-12-6-4-10-24(28)25-11-5-7-13-29(25)34/h1-33H;1-30H;1-19H. The van der Waals surface area contributed by atoms with Gasteiger partial charge >= 0.3 is 0 Å². The van der Waals surface area contributed by atoms with E-state index in [0.29, 0.717) is 28.9 Å². The average Bonchev–Trinajstić information content (AvgIpc) is 1.56. The van der Waals surface area contributed by atoms with E-state index < -0.39 is 0 Å². The molecule has 140 heavy (non-hydrogen) atoms. The van der Waals surface area contributed by atoms with E-state index >= 15 is 0 Å². The third-order valence-electron chi connectivity index (χ3n) is 27.2. The van der Waals surface area contributed by atoms with E-state index in [1.165, 1.54) is 76.1 Å². The Kier molecular flexibility index (Phi) is 20.0. The first-order valence-electron chi connectivity index (χ1n) is 47.2.